The molecule has 0 spiro atoms. The van der Waals surface area contributed by atoms with Gasteiger partial charge in [-0.3, -0.25) is 0 Å². The number of hydrogen-bond acceptors (Lipinski definition) is 5. The van der Waals surface area contributed by atoms with E-state index < -0.39 is 36.8 Å². The van der Waals surface area contributed by atoms with Gasteiger partial charge in [0.1, 0.15) is 17.9 Å². The van der Waals surface area contributed by atoms with E-state index in [4.69, 9.17) is 20.4 Å². The van der Waals surface area contributed by atoms with Gasteiger partial charge in [-0.05, 0) is 18.6 Å². The van der Waals surface area contributed by atoms with Crippen molar-refractivity contribution in [1.29, 1.82) is 5.26 Å². The lowest BCUT2D eigenvalue weighted by molar-refractivity contribution is -0.138. The second-order valence-electron chi connectivity index (χ2n) is 4.99. The summed E-state index contributed by atoms with van der Waals surface area (Å²) >= 11 is 0. The van der Waals surface area contributed by atoms with Gasteiger partial charge in [0, 0.05) is 5.46 Å². The third-order valence-corrected chi connectivity index (χ3v) is 3.01. The number of nitriles is 1. The summed E-state index contributed by atoms with van der Waals surface area (Å²) in [5.74, 6) is -0.488. The topological polar surface area (TPSA) is 88.5 Å². The molecule has 0 bridgehead atoms. The minimum atomic E-state index is -4.73. The van der Waals surface area contributed by atoms with Crippen LogP contribution < -0.4 is 15.9 Å². The van der Waals surface area contributed by atoms with Crippen LogP contribution in [0.3, 0.4) is 0 Å². The maximum Gasteiger partial charge on any atom is 0.492 e. The highest BCUT2D eigenvalue weighted by Gasteiger charge is 2.44. The summed E-state index contributed by atoms with van der Waals surface area (Å²) in [5, 5.41) is 18.3. The number of nitrogens with zero attached hydrogens (tertiary/aromatic N) is 1. The van der Waals surface area contributed by atoms with E-state index in [1.807, 2.05) is 0 Å². The Morgan fingerprint density at radius 2 is 2.19 bits per heavy atom. The largest absolute Gasteiger partial charge is 0.492 e. The van der Waals surface area contributed by atoms with Crippen LogP contribution >= 0.6 is 0 Å². The van der Waals surface area contributed by atoms with Gasteiger partial charge in [-0.2, -0.15) is 18.4 Å². The van der Waals surface area contributed by atoms with Crippen molar-refractivity contribution >= 4 is 12.6 Å². The van der Waals surface area contributed by atoms with Crippen molar-refractivity contribution < 1.29 is 27.6 Å². The molecule has 5 nitrogen and oxygen atoms in total. The van der Waals surface area contributed by atoms with E-state index in [2.05, 4.69) is 0 Å². The maximum absolute atomic E-state index is 13.2. The molecule has 0 amide bonds. The Kier molecular flexibility index (Phi) is 3.88. The summed E-state index contributed by atoms with van der Waals surface area (Å²) in [6, 6.07) is 4.25. The molecule has 0 radical (unpaired) electrons. The highest BCUT2D eigenvalue weighted by molar-refractivity contribution is 6.62. The molecule has 0 fully saturated rings. The normalized spacial score (nSPS) is 17.1. The Bertz CT molecular complexity index is 599. The van der Waals surface area contributed by atoms with Gasteiger partial charge >= 0.3 is 13.3 Å². The predicted molar refractivity (Wildman–Crippen MR) is 67.5 cm³/mol. The number of ether oxygens (including phenoxy) is 1. The van der Waals surface area contributed by atoms with E-state index in [9.17, 15) is 18.2 Å². The van der Waals surface area contributed by atoms with E-state index in [1.165, 1.54) is 13.0 Å². The lowest BCUT2D eigenvalue weighted by atomic mass is 9.75. The van der Waals surface area contributed by atoms with Gasteiger partial charge in [-0.15, -0.1) is 0 Å². The monoisotopic (exact) mass is 300 g/mol. The van der Waals surface area contributed by atoms with Crippen molar-refractivity contribution in [3.05, 3.63) is 23.3 Å². The minimum absolute atomic E-state index is 0.105. The van der Waals surface area contributed by atoms with E-state index >= 15 is 0 Å². The Morgan fingerprint density at radius 3 is 2.76 bits per heavy atom. The van der Waals surface area contributed by atoms with E-state index in [1.54, 1.807) is 6.07 Å². The summed E-state index contributed by atoms with van der Waals surface area (Å²) in [4.78, 5) is 0. The van der Waals surface area contributed by atoms with Crippen LogP contribution in [0.2, 0.25) is 0 Å². The molecule has 0 unspecified atom stereocenters. The first-order valence-electron chi connectivity index (χ1n) is 6.01. The van der Waals surface area contributed by atoms with Crippen LogP contribution in [-0.4, -0.2) is 24.3 Å². The number of rotatable bonds is 3. The standard InChI is InChI=1S/C12H12BF3N2O3/c1-11(18,5-17)6-20-8-3-2-7-4-21-13(19)10(7)9(8)12(14,15)16/h2-3,19H,4,6,18H2,1H3/t11-/m0/s1. The highest BCUT2D eigenvalue weighted by Crippen LogP contribution is 2.37. The molecule has 0 aliphatic carbocycles. The van der Waals surface area contributed by atoms with Crippen LogP contribution in [-0.2, 0) is 17.4 Å². The quantitative estimate of drug-likeness (QED) is 0.796. The first-order valence-corrected chi connectivity index (χ1v) is 6.01. The predicted octanol–water partition coefficient (Wildman–Crippen LogP) is 0.543. The van der Waals surface area contributed by atoms with Crippen LogP contribution in [0.15, 0.2) is 12.1 Å². The number of nitrogens with two attached hydrogens (primary N) is 1. The van der Waals surface area contributed by atoms with Crippen LogP contribution in [0.5, 0.6) is 5.75 Å². The summed E-state index contributed by atoms with van der Waals surface area (Å²) in [6.45, 7) is 0.820. The minimum Gasteiger partial charge on any atom is -0.490 e. The van der Waals surface area contributed by atoms with Crippen molar-refractivity contribution in [3.63, 3.8) is 0 Å². The van der Waals surface area contributed by atoms with Crippen LogP contribution in [0.4, 0.5) is 13.2 Å². The first kappa shape index (κ1) is 15.6. The SMILES string of the molecule is C[C@](N)(C#N)COc1ccc2c(c1C(F)(F)F)B(O)OC2. The summed E-state index contributed by atoms with van der Waals surface area (Å²) in [5.41, 5.74) is 2.90. The lowest BCUT2D eigenvalue weighted by Crippen LogP contribution is -2.41. The van der Waals surface area contributed by atoms with Crippen molar-refractivity contribution in [2.24, 2.45) is 5.73 Å². The van der Waals surface area contributed by atoms with Crippen molar-refractivity contribution in [3.8, 4) is 11.8 Å². The molecule has 1 aromatic carbocycles. The fraction of sp³-hybridized carbons (Fsp3) is 0.417. The average molecular weight is 300 g/mol. The van der Waals surface area contributed by atoms with E-state index in [0.29, 0.717) is 0 Å². The third kappa shape index (κ3) is 3.13. The second-order valence-corrected chi connectivity index (χ2v) is 4.99. The van der Waals surface area contributed by atoms with Crippen LogP contribution in [0.25, 0.3) is 0 Å². The molecule has 1 aromatic rings. The van der Waals surface area contributed by atoms with Gasteiger partial charge in [0.05, 0.1) is 18.2 Å². The zero-order valence-electron chi connectivity index (χ0n) is 11.1. The fourth-order valence-corrected chi connectivity index (χ4v) is 1.98. The van der Waals surface area contributed by atoms with Crippen LogP contribution in [0, 0.1) is 11.3 Å². The molecule has 0 saturated carbocycles. The van der Waals surface area contributed by atoms with Gasteiger partial charge in [-0.25, -0.2) is 0 Å². The zero-order valence-corrected chi connectivity index (χ0v) is 11.1. The van der Waals surface area contributed by atoms with Crippen molar-refractivity contribution in [1.82, 2.24) is 0 Å². The summed E-state index contributed by atoms with van der Waals surface area (Å²) < 4.78 is 49.6. The lowest BCUT2D eigenvalue weighted by Gasteiger charge is -2.21. The van der Waals surface area contributed by atoms with Gasteiger partial charge in [0.2, 0.25) is 0 Å². The van der Waals surface area contributed by atoms with Gasteiger partial charge in [-0.1, -0.05) is 6.07 Å². The number of benzene rings is 1. The fourth-order valence-electron chi connectivity index (χ4n) is 1.98. The third-order valence-electron chi connectivity index (χ3n) is 3.01. The van der Waals surface area contributed by atoms with E-state index in [0.717, 1.165) is 6.07 Å². The van der Waals surface area contributed by atoms with Crippen LogP contribution in [0.1, 0.15) is 18.1 Å². The molecule has 21 heavy (non-hydrogen) atoms. The smallest absolute Gasteiger partial charge is 0.490 e. The Labute approximate surface area is 119 Å². The van der Waals surface area contributed by atoms with Gasteiger partial charge in [0.15, 0.2) is 0 Å². The number of fused-ring (bicyclic) bond motifs is 1. The molecule has 2 rings (SSSR count). The molecule has 1 aliphatic rings. The maximum atomic E-state index is 13.2. The number of alkyl halides is 3. The molecule has 0 aromatic heterocycles. The molecular weight excluding hydrogens is 288 g/mol. The second kappa shape index (κ2) is 5.22. The highest BCUT2D eigenvalue weighted by atomic mass is 19.4. The Morgan fingerprint density at radius 1 is 1.52 bits per heavy atom. The molecule has 1 aliphatic heterocycles. The molecule has 0 saturated heterocycles. The molecule has 3 N–H and O–H groups in total. The summed E-state index contributed by atoms with van der Waals surface area (Å²) in [7, 11) is -1.65. The van der Waals surface area contributed by atoms with E-state index in [-0.39, 0.29) is 17.6 Å². The Balaban J connectivity index is 2.43. The van der Waals surface area contributed by atoms with Gasteiger partial charge in [0.25, 0.3) is 0 Å². The first-order chi connectivity index (χ1) is 9.65. The molecule has 1 atom stereocenters. The average Bonchev–Trinajstić information content (AvgIpc) is 2.76. The molecule has 9 heteroatoms. The van der Waals surface area contributed by atoms with Crippen molar-refractivity contribution in [2.75, 3.05) is 6.61 Å². The Hall–Kier alpha value is -1.76. The number of hydrogen-bond donors (Lipinski definition) is 2. The molecular formula is C12H12BF3N2O3. The summed E-state index contributed by atoms with van der Waals surface area (Å²) in [6.07, 6.45) is -4.73. The number of halogens is 3. The molecule has 1 heterocycles. The van der Waals surface area contributed by atoms with Crippen molar-refractivity contribution in [2.45, 2.75) is 25.2 Å². The zero-order chi connectivity index (χ0) is 15.8. The van der Waals surface area contributed by atoms with Gasteiger partial charge < -0.3 is 20.1 Å². The molecule has 112 valence electrons.